The first-order valence-electron chi connectivity index (χ1n) is 5.89. The molecule has 0 fully saturated rings. The van der Waals surface area contributed by atoms with Crippen LogP contribution in [0.4, 0.5) is 5.13 Å². The number of nitrogens with one attached hydrogen (secondary N) is 1. The van der Waals surface area contributed by atoms with Crippen LogP contribution in [-0.4, -0.2) is 37.9 Å². The Balaban J connectivity index is 2.36. The van der Waals surface area contributed by atoms with E-state index < -0.39 is 15.9 Å². The third kappa shape index (κ3) is 3.45. The molecule has 0 atom stereocenters. The van der Waals surface area contributed by atoms with Crippen molar-refractivity contribution in [3.8, 4) is 0 Å². The van der Waals surface area contributed by atoms with Crippen LogP contribution in [0.25, 0.3) is 0 Å². The second-order valence-electron chi connectivity index (χ2n) is 4.03. The highest BCUT2D eigenvalue weighted by Gasteiger charge is 2.25. The third-order valence-electron chi connectivity index (χ3n) is 2.72. The van der Waals surface area contributed by atoms with Crippen molar-refractivity contribution in [1.29, 1.82) is 0 Å². The maximum absolute atomic E-state index is 12.3. The number of thiazole rings is 1. The number of aromatic nitrogens is 1. The van der Waals surface area contributed by atoms with Gasteiger partial charge in [-0.2, -0.15) is 0 Å². The number of hydrogen-bond donors (Lipinski definition) is 1. The molecule has 1 N–H and O–H groups in total. The molecule has 2 aromatic rings. The van der Waals surface area contributed by atoms with E-state index in [0.29, 0.717) is 9.60 Å². The monoisotopic (exact) mass is 361 g/mol. The summed E-state index contributed by atoms with van der Waals surface area (Å²) in [4.78, 5) is 20.5. The normalized spacial score (nSPS) is 11.6. The first-order chi connectivity index (χ1) is 10.4. The smallest absolute Gasteiger partial charge is 0.266 e. The van der Waals surface area contributed by atoms with Crippen LogP contribution >= 0.6 is 22.9 Å². The fourth-order valence-corrected chi connectivity index (χ4v) is 3.53. The molecule has 1 heterocycles. The summed E-state index contributed by atoms with van der Waals surface area (Å²) in [5.41, 5.74) is 0.141. The number of amides is 1. The summed E-state index contributed by atoms with van der Waals surface area (Å²) >= 11 is 7.18. The van der Waals surface area contributed by atoms with E-state index in [1.54, 1.807) is 11.6 Å². The van der Waals surface area contributed by atoms with Gasteiger partial charge in [0, 0.05) is 24.2 Å². The summed E-state index contributed by atoms with van der Waals surface area (Å²) in [7, 11) is -1.51. The van der Waals surface area contributed by atoms with E-state index in [1.807, 2.05) is 0 Å². The molecule has 1 aromatic carbocycles. The standard InChI is InChI=1S/C12H12ClN3O4S2/c1-16(20-2)22(18,19)10-7-8(3-4-9(10)13)11(17)15-12-14-5-6-21-12/h3-7H,1-2H3,(H,14,15,17). The SMILES string of the molecule is CON(C)S(=O)(=O)c1cc(C(=O)Nc2nccs2)ccc1Cl. The number of carbonyl (C=O) groups excluding carboxylic acids is 1. The minimum absolute atomic E-state index is 0.00491. The number of carbonyl (C=O) groups is 1. The molecule has 0 aliphatic carbocycles. The van der Waals surface area contributed by atoms with Gasteiger partial charge in [-0.25, -0.2) is 13.4 Å². The molecule has 2 rings (SSSR count). The quantitative estimate of drug-likeness (QED) is 0.825. The van der Waals surface area contributed by atoms with Gasteiger partial charge in [-0.1, -0.05) is 16.1 Å². The van der Waals surface area contributed by atoms with Gasteiger partial charge in [-0.3, -0.25) is 14.9 Å². The largest absolute Gasteiger partial charge is 0.298 e. The minimum atomic E-state index is -3.95. The maximum atomic E-state index is 12.3. The van der Waals surface area contributed by atoms with Crippen molar-refractivity contribution < 1.29 is 18.0 Å². The minimum Gasteiger partial charge on any atom is -0.298 e. The predicted molar refractivity (Wildman–Crippen MR) is 83.5 cm³/mol. The highest BCUT2D eigenvalue weighted by molar-refractivity contribution is 7.89. The van der Waals surface area contributed by atoms with E-state index in [4.69, 9.17) is 11.6 Å². The summed E-state index contributed by atoms with van der Waals surface area (Å²) in [6.45, 7) is 0. The van der Waals surface area contributed by atoms with Crippen molar-refractivity contribution >= 4 is 44.0 Å². The van der Waals surface area contributed by atoms with E-state index in [9.17, 15) is 13.2 Å². The predicted octanol–water partition coefficient (Wildman–Crippen LogP) is 2.23. The second kappa shape index (κ2) is 6.71. The average Bonchev–Trinajstić information content (AvgIpc) is 2.99. The Labute approximate surface area is 136 Å². The number of nitrogens with zero attached hydrogens (tertiary/aromatic N) is 2. The van der Waals surface area contributed by atoms with Gasteiger partial charge in [0.1, 0.15) is 4.90 Å². The molecule has 0 saturated heterocycles. The van der Waals surface area contributed by atoms with Gasteiger partial charge >= 0.3 is 0 Å². The number of halogens is 1. The van der Waals surface area contributed by atoms with Crippen LogP contribution < -0.4 is 5.32 Å². The zero-order valence-corrected chi connectivity index (χ0v) is 14.0. The van der Waals surface area contributed by atoms with Crippen molar-refractivity contribution in [2.24, 2.45) is 0 Å². The molecule has 0 aliphatic heterocycles. The first kappa shape index (κ1) is 16.8. The summed E-state index contributed by atoms with van der Waals surface area (Å²) < 4.78 is 25.2. The molecule has 1 aromatic heterocycles. The molecule has 118 valence electrons. The van der Waals surface area contributed by atoms with Crippen LogP contribution in [0.15, 0.2) is 34.7 Å². The molecule has 0 spiro atoms. The van der Waals surface area contributed by atoms with Crippen LogP contribution in [-0.2, 0) is 14.9 Å². The Bertz CT molecular complexity index is 778. The van der Waals surface area contributed by atoms with E-state index in [1.165, 1.54) is 43.7 Å². The van der Waals surface area contributed by atoms with Crippen molar-refractivity contribution in [3.63, 3.8) is 0 Å². The topological polar surface area (TPSA) is 88.6 Å². The second-order valence-corrected chi connectivity index (χ2v) is 7.24. The van der Waals surface area contributed by atoms with Gasteiger partial charge in [0.25, 0.3) is 15.9 Å². The Morgan fingerprint density at radius 3 is 2.77 bits per heavy atom. The van der Waals surface area contributed by atoms with E-state index in [2.05, 4.69) is 15.1 Å². The Morgan fingerprint density at radius 1 is 1.45 bits per heavy atom. The first-order valence-corrected chi connectivity index (χ1v) is 8.59. The van der Waals surface area contributed by atoms with Crippen LogP contribution in [0.5, 0.6) is 0 Å². The van der Waals surface area contributed by atoms with Gasteiger partial charge in [-0.15, -0.1) is 11.3 Å². The number of sulfonamides is 1. The van der Waals surface area contributed by atoms with Gasteiger partial charge in [0.2, 0.25) is 0 Å². The summed E-state index contributed by atoms with van der Waals surface area (Å²) in [5, 5.41) is 4.68. The van der Waals surface area contributed by atoms with Gasteiger partial charge in [-0.05, 0) is 18.2 Å². The lowest BCUT2D eigenvalue weighted by molar-refractivity contribution is -0.0258. The molecule has 0 saturated carbocycles. The molecule has 7 nitrogen and oxygen atoms in total. The van der Waals surface area contributed by atoms with E-state index in [-0.39, 0.29) is 15.5 Å². The lowest BCUT2D eigenvalue weighted by Crippen LogP contribution is -2.26. The van der Waals surface area contributed by atoms with Gasteiger partial charge in [0.05, 0.1) is 12.1 Å². The van der Waals surface area contributed by atoms with E-state index >= 15 is 0 Å². The van der Waals surface area contributed by atoms with Crippen molar-refractivity contribution in [1.82, 2.24) is 9.45 Å². The number of benzene rings is 1. The third-order valence-corrected chi connectivity index (χ3v) is 5.57. The molecule has 1 amide bonds. The highest BCUT2D eigenvalue weighted by atomic mass is 35.5. The fourth-order valence-electron chi connectivity index (χ4n) is 1.53. The fraction of sp³-hybridized carbons (Fsp3) is 0.167. The van der Waals surface area contributed by atoms with Crippen LogP contribution in [0.2, 0.25) is 5.02 Å². The van der Waals surface area contributed by atoms with Gasteiger partial charge < -0.3 is 0 Å². The summed E-state index contributed by atoms with van der Waals surface area (Å²) in [5.74, 6) is -0.483. The molecule has 0 bridgehead atoms. The molecule has 22 heavy (non-hydrogen) atoms. The number of anilines is 1. The van der Waals surface area contributed by atoms with Crippen LogP contribution in [0, 0.1) is 0 Å². The zero-order valence-electron chi connectivity index (χ0n) is 11.6. The molecule has 0 unspecified atom stereocenters. The van der Waals surface area contributed by atoms with Crippen molar-refractivity contribution in [3.05, 3.63) is 40.4 Å². The van der Waals surface area contributed by atoms with Crippen LogP contribution in [0.3, 0.4) is 0 Å². The van der Waals surface area contributed by atoms with E-state index in [0.717, 1.165) is 0 Å². The number of hydroxylamine groups is 1. The lowest BCUT2D eigenvalue weighted by atomic mass is 10.2. The molecular weight excluding hydrogens is 350 g/mol. The highest BCUT2D eigenvalue weighted by Crippen LogP contribution is 2.26. The number of rotatable bonds is 5. The molecular formula is C12H12ClN3O4S2. The summed E-state index contributed by atoms with van der Waals surface area (Å²) in [6, 6.07) is 3.96. The maximum Gasteiger partial charge on any atom is 0.266 e. The zero-order chi connectivity index (χ0) is 16.3. The van der Waals surface area contributed by atoms with Gasteiger partial charge in [0.15, 0.2) is 5.13 Å². The Kier molecular flexibility index (Phi) is 5.14. The van der Waals surface area contributed by atoms with Crippen LogP contribution in [0.1, 0.15) is 10.4 Å². The lowest BCUT2D eigenvalue weighted by Gasteiger charge is -2.15. The van der Waals surface area contributed by atoms with Crippen molar-refractivity contribution in [2.75, 3.05) is 19.5 Å². The Morgan fingerprint density at radius 2 is 2.18 bits per heavy atom. The molecule has 0 aliphatic rings. The molecule has 10 heteroatoms. The average molecular weight is 362 g/mol. The number of hydrogen-bond acceptors (Lipinski definition) is 6. The molecule has 0 radical (unpaired) electrons. The summed E-state index contributed by atoms with van der Waals surface area (Å²) in [6.07, 6.45) is 1.55. The van der Waals surface area contributed by atoms with Crippen molar-refractivity contribution in [2.45, 2.75) is 4.90 Å². The Hall–Kier alpha value is -1.52.